The molecule has 0 bridgehead atoms. The summed E-state index contributed by atoms with van der Waals surface area (Å²) in [5.41, 5.74) is 1.78. The Balaban J connectivity index is 1.81. The molecule has 0 radical (unpaired) electrons. The van der Waals surface area contributed by atoms with Gasteiger partial charge in [-0.05, 0) is 25.0 Å². The van der Waals surface area contributed by atoms with Crippen molar-refractivity contribution in [2.75, 3.05) is 5.32 Å². The third-order valence-corrected chi connectivity index (χ3v) is 3.02. The van der Waals surface area contributed by atoms with Crippen molar-refractivity contribution in [3.8, 4) is 0 Å². The van der Waals surface area contributed by atoms with Crippen LogP contribution in [0.2, 0.25) is 0 Å². The van der Waals surface area contributed by atoms with Crippen molar-refractivity contribution >= 4 is 23.4 Å². The summed E-state index contributed by atoms with van der Waals surface area (Å²) in [6.07, 6.45) is 2.65. The highest BCUT2D eigenvalue weighted by molar-refractivity contribution is 6.01. The Hall–Kier alpha value is -2.44. The Morgan fingerprint density at radius 2 is 2.26 bits per heavy atom. The average molecular weight is 259 g/mol. The summed E-state index contributed by atoms with van der Waals surface area (Å²) in [6, 6.07) is 3.34. The van der Waals surface area contributed by atoms with E-state index in [1.165, 1.54) is 0 Å². The van der Waals surface area contributed by atoms with Gasteiger partial charge in [0.05, 0.1) is 0 Å². The van der Waals surface area contributed by atoms with E-state index in [4.69, 9.17) is 0 Å². The van der Waals surface area contributed by atoms with Gasteiger partial charge in [-0.1, -0.05) is 6.07 Å². The molecule has 0 aromatic carbocycles. The maximum absolute atomic E-state index is 11.6. The number of imide groups is 1. The summed E-state index contributed by atoms with van der Waals surface area (Å²) in [4.78, 5) is 27.0. The Morgan fingerprint density at radius 3 is 3.05 bits per heavy atom. The summed E-state index contributed by atoms with van der Waals surface area (Å²) >= 11 is 0. The monoisotopic (exact) mass is 259 g/mol. The largest absolute Gasteiger partial charge is 0.341 e. The molecule has 1 unspecified atom stereocenters. The van der Waals surface area contributed by atoms with Gasteiger partial charge in [0.25, 0.3) is 0 Å². The number of carbonyl (C=O) groups excluding carboxylic acids is 2. The number of piperidine rings is 1. The molecule has 1 atom stereocenters. The van der Waals surface area contributed by atoms with Crippen LogP contribution in [0, 0.1) is 6.92 Å². The second-order valence-corrected chi connectivity index (χ2v) is 4.59. The van der Waals surface area contributed by atoms with E-state index in [0.717, 1.165) is 5.56 Å². The van der Waals surface area contributed by atoms with E-state index < -0.39 is 6.04 Å². The minimum absolute atomic E-state index is 0.235. The van der Waals surface area contributed by atoms with E-state index in [9.17, 15) is 9.59 Å². The van der Waals surface area contributed by atoms with Gasteiger partial charge in [-0.15, -0.1) is 5.10 Å². The number of anilines is 1. The van der Waals surface area contributed by atoms with Gasteiger partial charge in [0.1, 0.15) is 6.04 Å². The van der Waals surface area contributed by atoms with Gasteiger partial charge in [0, 0.05) is 12.6 Å². The van der Waals surface area contributed by atoms with Crippen molar-refractivity contribution in [2.24, 2.45) is 0 Å². The van der Waals surface area contributed by atoms with Crippen molar-refractivity contribution in [1.82, 2.24) is 19.9 Å². The lowest BCUT2D eigenvalue weighted by atomic mass is 10.1. The van der Waals surface area contributed by atoms with Crippen LogP contribution in [0.15, 0.2) is 18.3 Å². The first-order valence-corrected chi connectivity index (χ1v) is 6.05. The van der Waals surface area contributed by atoms with Gasteiger partial charge in [-0.2, -0.15) is 4.98 Å². The molecule has 3 rings (SSSR count). The van der Waals surface area contributed by atoms with Crippen LogP contribution in [0.5, 0.6) is 0 Å². The number of nitrogens with one attached hydrogen (secondary N) is 2. The number of hydrogen-bond acceptors (Lipinski definition) is 5. The molecule has 0 spiro atoms. The van der Waals surface area contributed by atoms with E-state index in [1.807, 2.05) is 25.3 Å². The summed E-state index contributed by atoms with van der Waals surface area (Å²) in [5.74, 6) is -0.173. The number of hydrogen-bond donors (Lipinski definition) is 2. The standard InChI is InChI=1S/C12H13N5O2/c1-7-2-4-9-14-12(16-17(9)6-7)13-8-3-5-10(18)15-11(8)19/h2,4,6,8H,3,5H2,1H3,(H,13,16)(H,15,18,19). The molecule has 19 heavy (non-hydrogen) atoms. The van der Waals surface area contributed by atoms with Crippen LogP contribution in [0.25, 0.3) is 5.65 Å². The van der Waals surface area contributed by atoms with E-state index in [1.54, 1.807) is 4.52 Å². The lowest BCUT2D eigenvalue weighted by Gasteiger charge is -2.20. The van der Waals surface area contributed by atoms with Crippen molar-refractivity contribution in [1.29, 1.82) is 0 Å². The molecule has 1 aliphatic heterocycles. The molecule has 1 saturated heterocycles. The molecule has 7 heteroatoms. The fourth-order valence-electron chi connectivity index (χ4n) is 2.03. The molecule has 7 nitrogen and oxygen atoms in total. The maximum atomic E-state index is 11.6. The zero-order valence-corrected chi connectivity index (χ0v) is 10.4. The summed E-state index contributed by atoms with van der Waals surface area (Å²) in [5, 5.41) is 9.49. The van der Waals surface area contributed by atoms with E-state index >= 15 is 0 Å². The topological polar surface area (TPSA) is 88.4 Å². The fraction of sp³-hybridized carbons (Fsp3) is 0.333. The molecule has 0 aliphatic carbocycles. The molecule has 2 N–H and O–H groups in total. The normalized spacial score (nSPS) is 19.5. The van der Waals surface area contributed by atoms with Gasteiger partial charge < -0.3 is 5.32 Å². The van der Waals surface area contributed by atoms with Gasteiger partial charge in [-0.3, -0.25) is 14.9 Å². The van der Waals surface area contributed by atoms with E-state index in [-0.39, 0.29) is 11.8 Å². The molecule has 2 amide bonds. The van der Waals surface area contributed by atoms with Crippen LogP contribution in [-0.4, -0.2) is 32.5 Å². The van der Waals surface area contributed by atoms with Gasteiger partial charge >= 0.3 is 0 Å². The third kappa shape index (κ3) is 2.26. The molecule has 0 saturated carbocycles. The van der Waals surface area contributed by atoms with Crippen LogP contribution in [0.3, 0.4) is 0 Å². The van der Waals surface area contributed by atoms with Gasteiger partial charge in [-0.25, -0.2) is 4.52 Å². The number of nitrogens with zero attached hydrogens (tertiary/aromatic N) is 3. The number of amides is 2. The minimum Gasteiger partial charge on any atom is -0.341 e. The molecule has 2 aromatic heterocycles. The predicted octanol–water partition coefficient (Wildman–Crippen LogP) is 0.255. The Kier molecular flexibility index (Phi) is 2.66. The van der Waals surface area contributed by atoms with Gasteiger partial charge in [0.15, 0.2) is 5.65 Å². The number of aromatic nitrogens is 3. The second kappa shape index (κ2) is 4.34. The zero-order valence-electron chi connectivity index (χ0n) is 10.4. The highest BCUT2D eigenvalue weighted by atomic mass is 16.2. The first-order chi connectivity index (χ1) is 9.11. The van der Waals surface area contributed by atoms with Gasteiger partial charge in [0.2, 0.25) is 17.8 Å². The van der Waals surface area contributed by atoms with Crippen LogP contribution in [-0.2, 0) is 9.59 Å². The molecule has 3 heterocycles. The highest BCUT2D eigenvalue weighted by Gasteiger charge is 2.27. The Labute approximate surface area is 109 Å². The van der Waals surface area contributed by atoms with Crippen LogP contribution >= 0.6 is 0 Å². The third-order valence-electron chi connectivity index (χ3n) is 3.02. The number of fused-ring (bicyclic) bond motifs is 1. The van der Waals surface area contributed by atoms with E-state index in [0.29, 0.717) is 24.4 Å². The molecule has 1 aliphatic rings. The number of pyridine rings is 1. The molecule has 2 aromatic rings. The number of rotatable bonds is 2. The number of aryl methyl sites for hydroxylation is 1. The SMILES string of the molecule is Cc1ccc2nc(NC3CCC(=O)NC3=O)nn2c1. The lowest BCUT2D eigenvalue weighted by Crippen LogP contribution is -2.47. The van der Waals surface area contributed by atoms with Crippen molar-refractivity contribution in [2.45, 2.75) is 25.8 Å². The second-order valence-electron chi connectivity index (χ2n) is 4.59. The quantitative estimate of drug-likeness (QED) is 0.755. The van der Waals surface area contributed by atoms with Crippen LogP contribution in [0.1, 0.15) is 18.4 Å². The predicted molar refractivity (Wildman–Crippen MR) is 67.5 cm³/mol. The van der Waals surface area contributed by atoms with Crippen LogP contribution < -0.4 is 10.6 Å². The van der Waals surface area contributed by atoms with Crippen molar-refractivity contribution in [3.05, 3.63) is 23.9 Å². The Morgan fingerprint density at radius 1 is 1.42 bits per heavy atom. The summed E-state index contributed by atoms with van der Waals surface area (Å²) < 4.78 is 1.66. The minimum atomic E-state index is -0.462. The van der Waals surface area contributed by atoms with Crippen LogP contribution in [0.4, 0.5) is 5.95 Å². The van der Waals surface area contributed by atoms with Crippen molar-refractivity contribution in [3.63, 3.8) is 0 Å². The first-order valence-electron chi connectivity index (χ1n) is 6.05. The van der Waals surface area contributed by atoms with Crippen molar-refractivity contribution < 1.29 is 9.59 Å². The van der Waals surface area contributed by atoms with E-state index in [2.05, 4.69) is 20.7 Å². The maximum Gasteiger partial charge on any atom is 0.249 e. The fourth-order valence-corrected chi connectivity index (χ4v) is 2.03. The average Bonchev–Trinajstić information content (AvgIpc) is 2.74. The molecular formula is C12H13N5O2. The summed E-state index contributed by atoms with van der Waals surface area (Å²) in [7, 11) is 0. The first kappa shape index (κ1) is 11.6. The summed E-state index contributed by atoms with van der Waals surface area (Å²) in [6.45, 7) is 1.97. The molecule has 98 valence electrons. The zero-order chi connectivity index (χ0) is 13.4. The highest BCUT2D eigenvalue weighted by Crippen LogP contribution is 2.12. The lowest BCUT2D eigenvalue weighted by molar-refractivity contribution is -0.133. The molecule has 1 fully saturated rings. The number of carbonyl (C=O) groups is 2. The smallest absolute Gasteiger partial charge is 0.249 e. The Bertz CT molecular complexity index is 663. The molecular weight excluding hydrogens is 246 g/mol.